The number of alkyl halides is 3. The average Bonchev–Trinajstić information content (AvgIpc) is 3.34. The van der Waals surface area contributed by atoms with Crippen LogP contribution in [0.1, 0.15) is 30.0 Å². The van der Waals surface area contributed by atoms with Crippen LogP contribution in [-0.4, -0.2) is 59.5 Å². The highest BCUT2D eigenvalue weighted by Gasteiger charge is 2.58. The molecular weight excluding hydrogens is 512 g/mol. The highest BCUT2D eigenvalue weighted by atomic mass is 19.4. The van der Waals surface area contributed by atoms with Crippen molar-refractivity contribution in [2.45, 2.75) is 44.1 Å². The zero-order valence-corrected chi connectivity index (χ0v) is 20.4. The molecule has 38 heavy (non-hydrogen) atoms. The zero-order chi connectivity index (χ0) is 27.8. The Bertz CT molecular complexity index is 1280. The van der Waals surface area contributed by atoms with Gasteiger partial charge in [0.05, 0.1) is 0 Å². The number of carbonyl (C=O) groups is 4. The van der Waals surface area contributed by atoms with Gasteiger partial charge in [-0.15, -0.1) is 0 Å². The van der Waals surface area contributed by atoms with Crippen LogP contribution in [0.25, 0.3) is 0 Å². The fourth-order valence-corrected chi connectivity index (χ4v) is 4.55. The average molecular weight is 536 g/mol. The van der Waals surface area contributed by atoms with Crippen LogP contribution in [0.3, 0.4) is 0 Å². The van der Waals surface area contributed by atoms with E-state index in [0.717, 1.165) is 19.1 Å². The van der Waals surface area contributed by atoms with Crippen molar-refractivity contribution in [3.8, 4) is 0 Å². The van der Waals surface area contributed by atoms with Gasteiger partial charge in [-0.1, -0.05) is 18.2 Å². The molecule has 0 bridgehead atoms. The van der Waals surface area contributed by atoms with Gasteiger partial charge in [0.25, 0.3) is 5.91 Å². The maximum absolute atomic E-state index is 13.6. The number of ether oxygens (including phenoxy) is 1. The molecule has 2 atom stereocenters. The Labute approximate surface area is 214 Å². The van der Waals surface area contributed by atoms with Crippen LogP contribution in [0.4, 0.5) is 32.8 Å². The minimum absolute atomic E-state index is 0.0687. The number of fused-ring (bicyclic) bond motifs is 2. The highest BCUT2D eigenvalue weighted by Crippen LogP contribution is 2.46. The van der Waals surface area contributed by atoms with E-state index < -0.39 is 60.7 Å². The predicted octanol–water partition coefficient (Wildman–Crippen LogP) is 3.68. The second kappa shape index (κ2) is 9.95. The fraction of sp³-hybridized carbons (Fsp3) is 0.360. The van der Waals surface area contributed by atoms with Crippen LogP contribution in [-0.2, 0) is 32.9 Å². The smallest absolute Gasteiger partial charge is 0.418 e. The topological polar surface area (TPSA) is 108 Å². The van der Waals surface area contributed by atoms with Crippen LogP contribution < -0.4 is 10.6 Å². The van der Waals surface area contributed by atoms with E-state index in [2.05, 4.69) is 10.6 Å². The van der Waals surface area contributed by atoms with Gasteiger partial charge >= 0.3 is 18.3 Å². The normalized spacial score (nSPS) is 19.3. The maximum atomic E-state index is 13.6. The van der Waals surface area contributed by atoms with Crippen molar-refractivity contribution in [1.29, 1.82) is 0 Å². The third kappa shape index (κ3) is 5.00. The molecule has 0 saturated carbocycles. The Morgan fingerprint density at radius 2 is 1.84 bits per heavy atom. The predicted molar refractivity (Wildman–Crippen MR) is 125 cm³/mol. The van der Waals surface area contributed by atoms with Crippen molar-refractivity contribution in [3.63, 3.8) is 0 Å². The number of anilines is 1. The van der Waals surface area contributed by atoms with Crippen molar-refractivity contribution < 1.29 is 41.5 Å². The minimum atomic E-state index is -4.79. The summed E-state index contributed by atoms with van der Waals surface area (Å²) in [5.74, 6) is -2.59. The molecule has 0 radical (unpaired) electrons. The van der Waals surface area contributed by atoms with Crippen molar-refractivity contribution in [2.75, 3.05) is 18.9 Å². The molecule has 2 N–H and O–H groups in total. The molecule has 2 aromatic rings. The van der Waals surface area contributed by atoms with Crippen molar-refractivity contribution in [3.05, 3.63) is 65.0 Å². The summed E-state index contributed by atoms with van der Waals surface area (Å²) in [4.78, 5) is 51.8. The van der Waals surface area contributed by atoms with Gasteiger partial charge in [-0.2, -0.15) is 13.2 Å². The van der Waals surface area contributed by atoms with Gasteiger partial charge < -0.3 is 20.3 Å². The van der Waals surface area contributed by atoms with Gasteiger partial charge in [-0.3, -0.25) is 9.59 Å². The molecule has 1 spiro atoms. The molecule has 1 fully saturated rings. The Morgan fingerprint density at radius 1 is 1.16 bits per heavy atom. The first-order valence-electron chi connectivity index (χ1n) is 11.6. The van der Waals surface area contributed by atoms with E-state index in [4.69, 9.17) is 4.74 Å². The molecule has 9 nitrogen and oxygen atoms in total. The summed E-state index contributed by atoms with van der Waals surface area (Å²) in [5, 5.41) is 5.00. The van der Waals surface area contributed by atoms with Crippen LogP contribution in [0.15, 0.2) is 42.5 Å². The van der Waals surface area contributed by atoms with Crippen LogP contribution in [0.5, 0.6) is 0 Å². The van der Waals surface area contributed by atoms with E-state index in [1.54, 1.807) is 6.07 Å². The Kier molecular flexibility index (Phi) is 7.04. The van der Waals surface area contributed by atoms with Gasteiger partial charge in [0, 0.05) is 31.3 Å². The first-order chi connectivity index (χ1) is 17.9. The molecule has 2 aliphatic rings. The molecule has 4 rings (SSSR count). The van der Waals surface area contributed by atoms with Gasteiger partial charge in [-0.25, -0.2) is 18.9 Å². The number of aryl methyl sites for hydroxylation is 1. The lowest BCUT2D eigenvalue weighted by Gasteiger charge is -2.31. The number of benzene rings is 2. The van der Waals surface area contributed by atoms with Gasteiger partial charge in [0.2, 0.25) is 11.5 Å². The molecular formula is C25H24F4N4O5. The molecule has 1 unspecified atom stereocenters. The largest absolute Gasteiger partial charge is 0.427 e. The number of halogens is 4. The lowest BCUT2D eigenvalue weighted by Crippen LogP contribution is -2.51. The van der Waals surface area contributed by atoms with Crippen molar-refractivity contribution >= 4 is 29.6 Å². The number of nitrogens with zero attached hydrogens (tertiary/aromatic N) is 2. The first-order valence-corrected chi connectivity index (χ1v) is 11.6. The molecule has 1 saturated heterocycles. The van der Waals surface area contributed by atoms with Gasteiger partial charge in [0.1, 0.15) is 18.4 Å². The van der Waals surface area contributed by atoms with Crippen LogP contribution in [0, 0.1) is 5.82 Å². The number of imide groups is 1. The van der Waals surface area contributed by atoms with Crippen molar-refractivity contribution in [2.24, 2.45) is 0 Å². The molecule has 0 aromatic heterocycles. The Hall–Kier alpha value is -4.16. The summed E-state index contributed by atoms with van der Waals surface area (Å²) < 4.78 is 59.4. The third-order valence-corrected chi connectivity index (χ3v) is 6.67. The van der Waals surface area contributed by atoms with Crippen LogP contribution in [0.2, 0.25) is 0 Å². The summed E-state index contributed by atoms with van der Waals surface area (Å²) in [6.45, 7) is -0.705. The minimum Gasteiger partial charge on any atom is -0.427 e. The molecule has 13 heteroatoms. The number of amides is 5. The summed E-state index contributed by atoms with van der Waals surface area (Å²) >= 11 is 0. The quantitative estimate of drug-likeness (QED) is 0.548. The van der Waals surface area contributed by atoms with E-state index in [9.17, 15) is 36.7 Å². The Balaban J connectivity index is 1.56. The molecule has 5 amide bonds. The second-order valence-corrected chi connectivity index (χ2v) is 9.03. The van der Waals surface area contributed by atoms with Crippen molar-refractivity contribution in [1.82, 2.24) is 15.1 Å². The fourth-order valence-electron chi connectivity index (χ4n) is 4.55. The monoisotopic (exact) mass is 536 g/mol. The summed E-state index contributed by atoms with van der Waals surface area (Å²) in [6, 6.07) is 6.55. The Morgan fingerprint density at radius 3 is 2.47 bits per heavy atom. The lowest BCUT2D eigenvalue weighted by molar-refractivity contribution is -0.187. The van der Waals surface area contributed by atoms with E-state index in [0.29, 0.717) is 33.0 Å². The van der Waals surface area contributed by atoms with Gasteiger partial charge in [-0.05, 0) is 48.7 Å². The molecule has 1 heterocycles. The highest BCUT2D eigenvalue weighted by molar-refractivity contribution is 6.06. The van der Waals surface area contributed by atoms with Gasteiger partial charge in [0.15, 0.2) is 0 Å². The maximum Gasteiger partial charge on any atom is 0.418 e. The number of rotatable bonds is 6. The summed E-state index contributed by atoms with van der Waals surface area (Å²) in [7, 11) is 1.44. The SMILES string of the molecule is CNC(=O)Nc1ccc2c(c1)CC[C@@]21OC(=O)N(CC(=O)N(Cc2ccc(F)cc2)C(C)C(F)(F)F)C1=O. The van der Waals surface area contributed by atoms with Crippen LogP contribution >= 0.6 is 0 Å². The summed E-state index contributed by atoms with van der Waals surface area (Å²) in [5.41, 5.74) is -0.0256. The number of carbonyl (C=O) groups excluding carboxylic acids is 4. The molecule has 1 aliphatic heterocycles. The lowest BCUT2D eigenvalue weighted by atomic mass is 9.94. The second-order valence-electron chi connectivity index (χ2n) is 9.03. The number of urea groups is 1. The van der Waals surface area contributed by atoms with E-state index in [1.807, 2.05) is 0 Å². The number of nitrogens with one attached hydrogen (secondary N) is 2. The molecule has 2 aromatic carbocycles. The molecule has 1 aliphatic carbocycles. The summed E-state index contributed by atoms with van der Waals surface area (Å²) in [6.07, 6.45) is -5.55. The van der Waals surface area contributed by atoms with E-state index in [1.165, 1.54) is 31.3 Å². The third-order valence-electron chi connectivity index (χ3n) is 6.67. The number of hydrogen-bond donors (Lipinski definition) is 2. The first kappa shape index (κ1) is 26.9. The zero-order valence-electron chi connectivity index (χ0n) is 20.4. The van der Waals surface area contributed by atoms with E-state index in [-0.39, 0.29) is 12.0 Å². The standard InChI is InChI=1S/C25H24F4N4O5/c1-14(25(27,28)29)32(12-15-3-5-17(26)6-4-15)20(34)13-33-21(35)24(38-23(33)37)10-9-16-11-18(7-8-19(16)24)31-22(36)30-2/h3-8,11,14H,9-10,12-13H2,1-2H3,(H2,30,31,36)/t14?,24-/m1/s1. The number of hydrogen-bond acceptors (Lipinski definition) is 5. The van der Waals surface area contributed by atoms with E-state index >= 15 is 0 Å². The molecule has 202 valence electrons.